The molecule has 0 unspecified atom stereocenters. The highest BCUT2D eigenvalue weighted by molar-refractivity contribution is 5.94. The monoisotopic (exact) mass is 301 g/mol. The first-order chi connectivity index (χ1) is 10.7. The second-order valence-corrected chi connectivity index (χ2v) is 6.65. The van der Waals surface area contributed by atoms with Crippen molar-refractivity contribution < 1.29 is 4.79 Å². The number of piperazine rings is 1. The molecule has 120 valence electrons. The molecule has 4 nitrogen and oxygen atoms in total. The predicted molar refractivity (Wildman–Crippen MR) is 88.9 cm³/mol. The summed E-state index contributed by atoms with van der Waals surface area (Å²) in [6, 6.07) is 8.82. The van der Waals surface area contributed by atoms with Crippen molar-refractivity contribution in [3.63, 3.8) is 0 Å². The molecular weight excluding hydrogens is 274 g/mol. The molecule has 2 fully saturated rings. The standard InChI is InChI=1S/C18H27N3O/c1-20-10-12-21(13-11-20)18(22)16-8-6-15(7-9-16)14-19-17-4-2-3-5-17/h6-9,17,19H,2-5,10-14H2,1H3. The maximum absolute atomic E-state index is 12.5. The zero-order valence-electron chi connectivity index (χ0n) is 13.6. The maximum Gasteiger partial charge on any atom is 0.253 e. The number of amides is 1. The minimum atomic E-state index is 0.170. The molecule has 0 bridgehead atoms. The Morgan fingerprint density at radius 1 is 1.09 bits per heavy atom. The summed E-state index contributed by atoms with van der Waals surface area (Å²) in [5.41, 5.74) is 2.08. The van der Waals surface area contributed by atoms with E-state index in [4.69, 9.17) is 0 Å². The van der Waals surface area contributed by atoms with E-state index in [0.717, 1.165) is 38.3 Å². The quantitative estimate of drug-likeness (QED) is 0.925. The lowest BCUT2D eigenvalue weighted by atomic mass is 10.1. The van der Waals surface area contributed by atoms with Crippen LogP contribution in [-0.2, 0) is 6.54 Å². The highest BCUT2D eigenvalue weighted by Crippen LogP contribution is 2.18. The van der Waals surface area contributed by atoms with Gasteiger partial charge in [-0.1, -0.05) is 25.0 Å². The van der Waals surface area contributed by atoms with Gasteiger partial charge >= 0.3 is 0 Å². The van der Waals surface area contributed by atoms with E-state index in [-0.39, 0.29) is 5.91 Å². The van der Waals surface area contributed by atoms with Gasteiger partial charge in [0.1, 0.15) is 0 Å². The Balaban J connectivity index is 1.53. The zero-order valence-corrected chi connectivity index (χ0v) is 13.6. The molecule has 1 aromatic rings. The third-order valence-corrected chi connectivity index (χ3v) is 4.94. The van der Waals surface area contributed by atoms with E-state index in [1.807, 2.05) is 17.0 Å². The second-order valence-electron chi connectivity index (χ2n) is 6.65. The minimum Gasteiger partial charge on any atom is -0.336 e. The van der Waals surface area contributed by atoms with Crippen LogP contribution in [0.2, 0.25) is 0 Å². The van der Waals surface area contributed by atoms with Crippen LogP contribution in [0.15, 0.2) is 24.3 Å². The van der Waals surface area contributed by atoms with Crippen LogP contribution in [0.25, 0.3) is 0 Å². The van der Waals surface area contributed by atoms with E-state index in [9.17, 15) is 4.79 Å². The summed E-state index contributed by atoms with van der Waals surface area (Å²) in [5, 5.41) is 3.61. The van der Waals surface area contributed by atoms with Crippen LogP contribution in [0.3, 0.4) is 0 Å². The van der Waals surface area contributed by atoms with E-state index in [1.54, 1.807) is 0 Å². The lowest BCUT2D eigenvalue weighted by Gasteiger charge is -2.32. The normalized spacial score (nSPS) is 20.5. The number of nitrogens with one attached hydrogen (secondary N) is 1. The van der Waals surface area contributed by atoms with E-state index >= 15 is 0 Å². The van der Waals surface area contributed by atoms with E-state index in [1.165, 1.54) is 31.2 Å². The number of hydrogen-bond acceptors (Lipinski definition) is 3. The molecular formula is C18H27N3O. The van der Waals surface area contributed by atoms with E-state index in [2.05, 4.69) is 29.4 Å². The lowest BCUT2D eigenvalue weighted by Crippen LogP contribution is -2.47. The largest absolute Gasteiger partial charge is 0.336 e. The fourth-order valence-corrected chi connectivity index (χ4v) is 3.35. The Labute approximate surface area is 133 Å². The molecule has 1 saturated heterocycles. The minimum absolute atomic E-state index is 0.170. The highest BCUT2D eigenvalue weighted by Gasteiger charge is 2.20. The fraction of sp³-hybridized carbons (Fsp3) is 0.611. The fourth-order valence-electron chi connectivity index (χ4n) is 3.35. The first-order valence-corrected chi connectivity index (χ1v) is 8.52. The summed E-state index contributed by atoms with van der Waals surface area (Å²) in [6.45, 7) is 4.51. The summed E-state index contributed by atoms with van der Waals surface area (Å²) < 4.78 is 0. The van der Waals surface area contributed by atoms with Crippen molar-refractivity contribution in [2.45, 2.75) is 38.3 Å². The lowest BCUT2D eigenvalue weighted by molar-refractivity contribution is 0.0664. The predicted octanol–water partition coefficient (Wildman–Crippen LogP) is 2.11. The van der Waals surface area contributed by atoms with Crippen LogP contribution in [0.1, 0.15) is 41.6 Å². The first-order valence-electron chi connectivity index (χ1n) is 8.52. The Morgan fingerprint density at radius 3 is 2.36 bits per heavy atom. The summed E-state index contributed by atoms with van der Waals surface area (Å²) in [6.07, 6.45) is 5.33. The van der Waals surface area contributed by atoms with Crippen LogP contribution in [0, 0.1) is 0 Å². The van der Waals surface area contributed by atoms with Gasteiger partial charge in [-0.25, -0.2) is 0 Å². The van der Waals surface area contributed by atoms with Gasteiger partial charge in [0, 0.05) is 44.3 Å². The number of carbonyl (C=O) groups is 1. The molecule has 4 heteroatoms. The van der Waals surface area contributed by atoms with Crippen molar-refractivity contribution in [3.8, 4) is 0 Å². The molecule has 1 saturated carbocycles. The Kier molecular flexibility index (Phi) is 5.11. The molecule has 1 aliphatic carbocycles. The second kappa shape index (κ2) is 7.25. The molecule has 22 heavy (non-hydrogen) atoms. The molecule has 1 amide bonds. The van der Waals surface area contributed by atoms with Crippen LogP contribution < -0.4 is 5.32 Å². The summed E-state index contributed by atoms with van der Waals surface area (Å²) in [4.78, 5) is 16.7. The smallest absolute Gasteiger partial charge is 0.253 e. The van der Waals surface area contributed by atoms with Gasteiger partial charge in [-0.05, 0) is 37.6 Å². The highest BCUT2D eigenvalue weighted by atomic mass is 16.2. The molecule has 0 radical (unpaired) electrons. The number of likely N-dealkylation sites (N-methyl/N-ethyl adjacent to an activating group) is 1. The molecule has 3 rings (SSSR count). The molecule has 1 aliphatic heterocycles. The zero-order chi connectivity index (χ0) is 15.4. The van der Waals surface area contributed by atoms with E-state index < -0.39 is 0 Å². The van der Waals surface area contributed by atoms with Crippen molar-refractivity contribution in [3.05, 3.63) is 35.4 Å². The molecule has 1 aromatic carbocycles. The topological polar surface area (TPSA) is 35.6 Å². The SMILES string of the molecule is CN1CCN(C(=O)c2ccc(CNC3CCCC3)cc2)CC1. The van der Waals surface area contributed by atoms with Crippen LogP contribution in [0.4, 0.5) is 0 Å². The van der Waals surface area contributed by atoms with Gasteiger partial charge in [0.15, 0.2) is 0 Å². The first kappa shape index (κ1) is 15.5. The van der Waals surface area contributed by atoms with Crippen molar-refractivity contribution in [2.24, 2.45) is 0 Å². The van der Waals surface area contributed by atoms with Gasteiger partial charge in [0.25, 0.3) is 5.91 Å². The average Bonchev–Trinajstić information content (AvgIpc) is 3.07. The molecule has 2 aliphatic rings. The van der Waals surface area contributed by atoms with Gasteiger partial charge in [-0.15, -0.1) is 0 Å². The van der Waals surface area contributed by atoms with E-state index in [0.29, 0.717) is 6.04 Å². The van der Waals surface area contributed by atoms with Crippen LogP contribution in [-0.4, -0.2) is 55.0 Å². The summed E-state index contributed by atoms with van der Waals surface area (Å²) in [7, 11) is 2.11. The van der Waals surface area contributed by atoms with Gasteiger partial charge in [-0.2, -0.15) is 0 Å². The van der Waals surface area contributed by atoms with Gasteiger partial charge in [-0.3, -0.25) is 4.79 Å². The molecule has 0 spiro atoms. The number of rotatable bonds is 4. The molecule has 0 aromatic heterocycles. The van der Waals surface area contributed by atoms with Gasteiger partial charge in [0.2, 0.25) is 0 Å². The summed E-state index contributed by atoms with van der Waals surface area (Å²) in [5.74, 6) is 0.170. The molecule has 1 N–H and O–H groups in total. The number of carbonyl (C=O) groups excluding carboxylic acids is 1. The Bertz CT molecular complexity index is 486. The molecule has 1 heterocycles. The number of nitrogens with zero attached hydrogens (tertiary/aromatic N) is 2. The van der Waals surface area contributed by atoms with Gasteiger partial charge < -0.3 is 15.1 Å². The number of benzene rings is 1. The van der Waals surface area contributed by atoms with Crippen LogP contribution in [0.5, 0.6) is 0 Å². The maximum atomic E-state index is 12.5. The van der Waals surface area contributed by atoms with Crippen molar-refractivity contribution in [1.29, 1.82) is 0 Å². The van der Waals surface area contributed by atoms with Crippen molar-refractivity contribution >= 4 is 5.91 Å². The van der Waals surface area contributed by atoms with Crippen molar-refractivity contribution in [2.75, 3.05) is 33.2 Å². The number of hydrogen-bond donors (Lipinski definition) is 1. The summed E-state index contributed by atoms with van der Waals surface area (Å²) >= 11 is 0. The molecule has 0 atom stereocenters. The third-order valence-electron chi connectivity index (χ3n) is 4.94. The Morgan fingerprint density at radius 2 is 1.73 bits per heavy atom. The van der Waals surface area contributed by atoms with Crippen LogP contribution >= 0.6 is 0 Å². The average molecular weight is 301 g/mol. The van der Waals surface area contributed by atoms with Gasteiger partial charge in [0.05, 0.1) is 0 Å². The Hall–Kier alpha value is -1.39. The third kappa shape index (κ3) is 3.87. The van der Waals surface area contributed by atoms with Crippen molar-refractivity contribution in [1.82, 2.24) is 15.1 Å².